The molecule has 0 amide bonds. The number of carbonyl (C=O) groups excluding carboxylic acids is 1. The van der Waals surface area contributed by atoms with Gasteiger partial charge in [0.1, 0.15) is 6.29 Å². The Hall–Kier alpha value is -0.920. The van der Waals surface area contributed by atoms with Crippen molar-refractivity contribution in [1.29, 1.82) is 5.41 Å². The van der Waals surface area contributed by atoms with Gasteiger partial charge in [0.2, 0.25) is 0 Å². The first-order valence-electron chi connectivity index (χ1n) is 10.1. The summed E-state index contributed by atoms with van der Waals surface area (Å²) < 4.78 is 0. The lowest BCUT2D eigenvalue weighted by Crippen LogP contribution is -2.50. The lowest BCUT2D eigenvalue weighted by Gasteiger charge is -2.57. The van der Waals surface area contributed by atoms with Crippen LogP contribution < -0.4 is 0 Å². The maximum Gasteiger partial charge on any atom is 0.142 e. The van der Waals surface area contributed by atoms with Crippen molar-refractivity contribution >= 4 is 12.0 Å². The maximum atomic E-state index is 11.2. The second-order valence-electron chi connectivity index (χ2n) is 9.27. The number of aldehydes is 1. The van der Waals surface area contributed by atoms with Crippen molar-refractivity contribution in [3.8, 4) is 0 Å². The van der Waals surface area contributed by atoms with Gasteiger partial charge in [0.05, 0.1) is 0 Å². The summed E-state index contributed by atoms with van der Waals surface area (Å²) in [5.74, 6) is 2.83. The van der Waals surface area contributed by atoms with Crippen molar-refractivity contribution in [2.75, 3.05) is 0 Å². The minimum Gasteiger partial charge on any atom is -0.310 e. The molecule has 0 radical (unpaired) electrons. The Morgan fingerprint density at radius 2 is 1.96 bits per heavy atom. The number of nitrogens with one attached hydrogen (secondary N) is 1. The van der Waals surface area contributed by atoms with Crippen LogP contribution in [0, 0.1) is 39.9 Å². The minimum absolute atomic E-state index is 0.220. The van der Waals surface area contributed by atoms with Crippen LogP contribution in [-0.2, 0) is 4.79 Å². The predicted molar refractivity (Wildman–Crippen MR) is 100 cm³/mol. The van der Waals surface area contributed by atoms with Gasteiger partial charge in [-0.2, -0.15) is 0 Å². The first-order valence-corrected chi connectivity index (χ1v) is 10.1. The van der Waals surface area contributed by atoms with Gasteiger partial charge >= 0.3 is 0 Å². The molecule has 1 N–H and O–H groups in total. The van der Waals surface area contributed by atoms with Gasteiger partial charge in [-0.05, 0) is 86.5 Å². The second kappa shape index (κ2) is 6.42. The summed E-state index contributed by atoms with van der Waals surface area (Å²) in [6, 6.07) is 0. The molecule has 0 aromatic carbocycles. The third kappa shape index (κ3) is 2.52. The first-order chi connectivity index (χ1) is 11.4. The molecule has 2 nitrogen and oxygen atoms in total. The Morgan fingerprint density at radius 1 is 1.21 bits per heavy atom. The molecule has 0 aromatic heterocycles. The van der Waals surface area contributed by atoms with E-state index in [4.69, 9.17) is 5.41 Å². The highest BCUT2D eigenvalue weighted by Crippen LogP contribution is 2.66. The summed E-state index contributed by atoms with van der Waals surface area (Å²) in [6.07, 6.45) is 12.8. The molecule has 3 saturated carbocycles. The molecule has 0 heterocycles. The molecule has 3 fully saturated rings. The van der Waals surface area contributed by atoms with Crippen molar-refractivity contribution in [1.82, 2.24) is 0 Å². The van der Waals surface area contributed by atoms with Crippen LogP contribution in [-0.4, -0.2) is 12.0 Å². The summed E-state index contributed by atoms with van der Waals surface area (Å²) in [7, 11) is 0. The highest BCUT2D eigenvalue weighted by Gasteiger charge is 2.58. The molecule has 0 spiro atoms. The predicted octanol–water partition coefficient (Wildman–Crippen LogP) is 5.81. The summed E-state index contributed by atoms with van der Waals surface area (Å²) in [5, 5.41) is 8.25. The fourth-order valence-corrected chi connectivity index (χ4v) is 7.26. The van der Waals surface area contributed by atoms with E-state index in [-0.39, 0.29) is 5.41 Å². The van der Waals surface area contributed by atoms with Crippen molar-refractivity contribution < 1.29 is 4.79 Å². The third-order valence-corrected chi connectivity index (χ3v) is 8.30. The van der Waals surface area contributed by atoms with E-state index in [0.29, 0.717) is 11.3 Å². The van der Waals surface area contributed by atoms with E-state index in [1.54, 1.807) is 0 Å². The lowest BCUT2D eigenvalue weighted by atomic mass is 9.47. The van der Waals surface area contributed by atoms with Gasteiger partial charge in [-0.25, -0.2) is 0 Å². The molecular formula is C22H35NO. The van der Waals surface area contributed by atoms with Crippen molar-refractivity contribution in [2.24, 2.45) is 34.5 Å². The Morgan fingerprint density at radius 3 is 2.58 bits per heavy atom. The zero-order valence-corrected chi connectivity index (χ0v) is 16.0. The van der Waals surface area contributed by atoms with Gasteiger partial charge in [-0.15, -0.1) is 0 Å². The topological polar surface area (TPSA) is 40.9 Å². The van der Waals surface area contributed by atoms with Crippen LogP contribution in [0.3, 0.4) is 0 Å². The summed E-state index contributed by atoms with van der Waals surface area (Å²) >= 11 is 0. The Labute approximate surface area is 148 Å². The number of hydrogen-bond acceptors (Lipinski definition) is 2. The van der Waals surface area contributed by atoms with Crippen molar-refractivity contribution in [3.63, 3.8) is 0 Å². The highest BCUT2D eigenvalue weighted by atomic mass is 16.1. The summed E-state index contributed by atoms with van der Waals surface area (Å²) in [4.78, 5) is 11.2. The van der Waals surface area contributed by atoms with E-state index in [1.165, 1.54) is 50.5 Å². The van der Waals surface area contributed by atoms with Crippen LogP contribution in [0.15, 0.2) is 11.6 Å². The van der Waals surface area contributed by atoms with E-state index >= 15 is 0 Å². The van der Waals surface area contributed by atoms with Crippen LogP contribution in [0.25, 0.3) is 0 Å². The van der Waals surface area contributed by atoms with Gasteiger partial charge in [0.15, 0.2) is 0 Å². The molecule has 134 valence electrons. The minimum atomic E-state index is 0.220. The quantitative estimate of drug-likeness (QED) is 0.394. The SMILES string of the molecule is CCCC1(C)/C(=C\C=O)CCC2C1CCC1(C)C(C(C)=N)CCC21. The fraction of sp³-hybridized carbons (Fsp3) is 0.818. The largest absolute Gasteiger partial charge is 0.310 e. The van der Waals surface area contributed by atoms with E-state index < -0.39 is 0 Å². The molecule has 0 bridgehead atoms. The van der Waals surface area contributed by atoms with Gasteiger partial charge in [-0.1, -0.05) is 32.8 Å². The molecule has 2 heteroatoms. The Kier molecular flexibility index (Phi) is 4.79. The van der Waals surface area contributed by atoms with Crippen LogP contribution in [0.1, 0.15) is 79.1 Å². The van der Waals surface area contributed by atoms with E-state index in [1.807, 2.05) is 13.0 Å². The molecule has 0 aromatic rings. The van der Waals surface area contributed by atoms with Crippen LogP contribution in [0.5, 0.6) is 0 Å². The Bertz CT molecular complexity index is 550. The average Bonchev–Trinajstić information content (AvgIpc) is 2.88. The number of hydrogen-bond donors (Lipinski definition) is 1. The van der Waals surface area contributed by atoms with Gasteiger partial charge in [0.25, 0.3) is 0 Å². The molecule has 6 atom stereocenters. The monoisotopic (exact) mass is 329 g/mol. The molecule has 6 unspecified atom stereocenters. The van der Waals surface area contributed by atoms with E-state index in [9.17, 15) is 4.79 Å². The van der Waals surface area contributed by atoms with Gasteiger partial charge in [-0.3, -0.25) is 4.79 Å². The zero-order valence-electron chi connectivity index (χ0n) is 16.0. The average molecular weight is 330 g/mol. The molecule has 3 aliphatic carbocycles. The van der Waals surface area contributed by atoms with Crippen LogP contribution >= 0.6 is 0 Å². The number of fused-ring (bicyclic) bond motifs is 3. The van der Waals surface area contributed by atoms with Gasteiger partial charge in [0, 0.05) is 11.6 Å². The molecule has 0 aliphatic heterocycles. The first kappa shape index (κ1) is 17.9. The molecular weight excluding hydrogens is 294 g/mol. The third-order valence-electron chi connectivity index (χ3n) is 8.30. The molecule has 3 aliphatic rings. The molecule has 0 saturated heterocycles. The zero-order chi connectivity index (χ0) is 17.5. The molecule has 3 rings (SSSR count). The van der Waals surface area contributed by atoms with E-state index in [2.05, 4.69) is 20.8 Å². The van der Waals surface area contributed by atoms with E-state index in [0.717, 1.165) is 36.2 Å². The second-order valence-corrected chi connectivity index (χ2v) is 9.27. The normalized spacial score (nSPS) is 46.4. The van der Waals surface area contributed by atoms with Crippen LogP contribution in [0.2, 0.25) is 0 Å². The standard InChI is InChI=1S/C22H35NO/c1-5-12-21(3)16(11-14-24)6-7-17-19-9-8-18(15(2)23)22(19,4)13-10-20(17)21/h11,14,17-20,23H,5-10,12-13H2,1-4H3/b16-11-,23-15?. The maximum absolute atomic E-state index is 11.2. The highest BCUT2D eigenvalue weighted by molar-refractivity contribution is 5.82. The lowest BCUT2D eigenvalue weighted by molar-refractivity contribution is -0.104. The fourth-order valence-electron chi connectivity index (χ4n) is 7.26. The smallest absolute Gasteiger partial charge is 0.142 e. The van der Waals surface area contributed by atoms with Crippen LogP contribution in [0.4, 0.5) is 0 Å². The summed E-state index contributed by atoms with van der Waals surface area (Å²) in [6.45, 7) is 9.23. The van der Waals surface area contributed by atoms with Gasteiger partial charge < -0.3 is 5.41 Å². The van der Waals surface area contributed by atoms with Crippen molar-refractivity contribution in [3.05, 3.63) is 11.6 Å². The van der Waals surface area contributed by atoms with Crippen molar-refractivity contribution in [2.45, 2.75) is 79.1 Å². The Balaban J connectivity index is 1.93. The number of carbonyl (C=O) groups is 1. The number of rotatable bonds is 4. The molecule has 24 heavy (non-hydrogen) atoms. The summed E-state index contributed by atoms with van der Waals surface area (Å²) in [5.41, 5.74) is 2.90. The number of allylic oxidation sites excluding steroid dienone is 2.